The first-order chi connectivity index (χ1) is 18.6. The van der Waals surface area contributed by atoms with Crippen molar-refractivity contribution in [1.82, 2.24) is 14.8 Å². The van der Waals surface area contributed by atoms with E-state index in [1.807, 2.05) is 36.9 Å². The average Bonchev–Trinajstić information content (AvgIpc) is 2.95. The van der Waals surface area contributed by atoms with Crippen molar-refractivity contribution in [3.63, 3.8) is 0 Å². The van der Waals surface area contributed by atoms with Gasteiger partial charge < -0.3 is 19.1 Å². The van der Waals surface area contributed by atoms with E-state index in [-0.39, 0.29) is 29.7 Å². The van der Waals surface area contributed by atoms with Crippen LogP contribution in [0, 0.1) is 11.8 Å². The van der Waals surface area contributed by atoms with Gasteiger partial charge in [0, 0.05) is 37.7 Å². The van der Waals surface area contributed by atoms with E-state index in [1.54, 1.807) is 5.01 Å². The third kappa shape index (κ3) is 5.73. The molecule has 2 saturated heterocycles. The lowest BCUT2D eigenvalue weighted by Gasteiger charge is -2.42. The lowest BCUT2D eigenvalue weighted by Crippen LogP contribution is -2.53. The van der Waals surface area contributed by atoms with Crippen LogP contribution in [0.5, 0.6) is 11.5 Å². The Labute approximate surface area is 225 Å². The Balaban J connectivity index is 1.33. The number of fused-ring (bicyclic) bond motifs is 1. The molecule has 38 heavy (non-hydrogen) atoms. The van der Waals surface area contributed by atoms with E-state index in [0.29, 0.717) is 51.8 Å². The fraction of sp³-hybridized carbons (Fsp3) is 0.621. The predicted octanol–water partition coefficient (Wildman–Crippen LogP) is 2.94. The van der Waals surface area contributed by atoms with Crippen LogP contribution < -0.4 is 9.47 Å². The first kappa shape index (κ1) is 26.7. The maximum atomic E-state index is 13.7. The van der Waals surface area contributed by atoms with Gasteiger partial charge in [0.05, 0.1) is 50.6 Å². The summed E-state index contributed by atoms with van der Waals surface area (Å²) in [5, 5.41) is 6.77. The molecule has 2 amide bonds. The van der Waals surface area contributed by atoms with Gasteiger partial charge in [-0.15, -0.1) is 0 Å². The van der Waals surface area contributed by atoms with Crippen LogP contribution in [0.1, 0.15) is 45.1 Å². The van der Waals surface area contributed by atoms with E-state index in [2.05, 4.69) is 17.1 Å². The number of carbonyl (C=O) groups is 2. The zero-order valence-electron chi connectivity index (χ0n) is 22.6. The zero-order valence-corrected chi connectivity index (χ0v) is 22.6. The van der Waals surface area contributed by atoms with Crippen molar-refractivity contribution in [2.75, 3.05) is 59.2 Å². The highest BCUT2D eigenvalue weighted by molar-refractivity contribution is 6.07. The van der Waals surface area contributed by atoms with Crippen LogP contribution in [-0.2, 0) is 14.3 Å². The summed E-state index contributed by atoms with van der Waals surface area (Å²) in [6.45, 7) is 9.72. The van der Waals surface area contributed by atoms with Gasteiger partial charge in [-0.1, -0.05) is 12.2 Å². The van der Waals surface area contributed by atoms with Gasteiger partial charge in [-0.05, 0) is 57.7 Å². The fourth-order valence-corrected chi connectivity index (χ4v) is 5.95. The van der Waals surface area contributed by atoms with Gasteiger partial charge in [0.1, 0.15) is 0 Å². The topological polar surface area (TPSA) is 83.9 Å². The second kappa shape index (κ2) is 12.3. The SMILES string of the molecule is CCOc1ccc(C2=NN(C3CCN(C(=O)CN4CCOCC4)CC3)C(=O)C3CC=CCC23)cc1OCC. The van der Waals surface area contributed by atoms with Crippen molar-refractivity contribution < 1.29 is 23.8 Å². The molecule has 0 radical (unpaired) electrons. The van der Waals surface area contributed by atoms with Crippen molar-refractivity contribution in [2.24, 2.45) is 16.9 Å². The molecular formula is C29H40N4O5. The molecule has 1 aliphatic carbocycles. The second-order valence-corrected chi connectivity index (χ2v) is 10.4. The van der Waals surface area contributed by atoms with Crippen molar-refractivity contribution in [3.8, 4) is 11.5 Å². The maximum absolute atomic E-state index is 13.7. The molecule has 206 valence electrons. The second-order valence-electron chi connectivity index (χ2n) is 10.4. The number of hydrogen-bond acceptors (Lipinski definition) is 7. The Hall–Kier alpha value is -2.91. The standard InChI is InChI=1S/C29H40N4O5/c1-3-37-25-10-9-21(19-26(25)38-4-2)28-23-7-5-6-8-24(23)29(35)33(30-28)22-11-13-32(14-12-22)27(34)20-31-15-17-36-18-16-31/h5-6,9-10,19,22-24H,3-4,7-8,11-18,20H2,1-2H3. The number of benzene rings is 1. The van der Waals surface area contributed by atoms with Gasteiger partial charge in [-0.25, -0.2) is 5.01 Å². The zero-order chi connectivity index (χ0) is 26.5. The van der Waals surface area contributed by atoms with Gasteiger partial charge >= 0.3 is 0 Å². The number of ether oxygens (including phenoxy) is 3. The molecule has 0 N–H and O–H groups in total. The average molecular weight is 525 g/mol. The third-order valence-electron chi connectivity index (χ3n) is 8.01. The van der Waals surface area contributed by atoms with Gasteiger partial charge in [-0.3, -0.25) is 14.5 Å². The Kier molecular flexibility index (Phi) is 8.64. The molecule has 1 aromatic carbocycles. The van der Waals surface area contributed by atoms with E-state index in [4.69, 9.17) is 19.3 Å². The van der Waals surface area contributed by atoms with Gasteiger partial charge in [-0.2, -0.15) is 5.10 Å². The number of rotatable bonds is 8. The number of likely N-dealkylation sites (tertiary alicyclic amines) is 1. The van der Waals surface area contributed by atoms with Crippen LogP contribution in [0.2, 0.25) is 0 Å². The minimum Gasteiger partial charge on any atom is -0.490 e. The Bertz CT molecular complexity index is 1060. The number of hydrogen-bond donors (Lipinski definition) is 0. The number of hydrazone groups is 1. The first-order valence-electron chi connectivity index (χ1n) is 14.1. The van der Waals surface area contributed by atoms with Gasteiger partial charge in [0.2, 0.25) is 11.8 Å². The van der Waals surface area contributed by atoms with Crippen LogP contribution in [-0.4, -0.2) is 97.5 Å². The van der Waals surface area contributed by atoms with Crippen LogP contribution in [0.4, 0.5) is 0 Å². The summed E-state index contributed by atoms with van der Waals surface area (Å²) in [5.74, 6) is 1.62. The van der Waals surface area contributed by atoms with Crippen molar-refractivity contribution in [3.05, 3.63) is 35.9 Å². The fourth-order valence-electron chi connectivity index (χ4n) is 5.95. The quantitative estimate of drug-likeness (QED) is 0.487. The summed E-state index contributed by atoms with van der Waals surface area (Å²) in [6.07, 6.45) is 7.28. The third-order valence-corrected chi connectivity index (χ3v) is 8.01. The van der Waals surface area contributed by atoms with E-state index < -0.39 is 0 Å². The number of morpholine rings is 1. The van der Waals surface area contributed by atoms with Crippen molar-refractivity contribution in [1.29, 1.82) is 0 Å². The lowest BCUT2D eigenvalue weighted by atomic mass is 9.76. The molecule has 1 aromatic rings. The summed E-state index contributed by atoms with van der Waals surface area (Å²) in [6, 6.07) is 5.97. The largest absolute Gasteiger partial charge is 0.490 e. The molecule has 0 spiro atoms. The maximum Gasteiger partial charge on any atom is 0.247 e. The Morgan fingerprint density at radius 2 is 1.66 bits per heavy atom. The Morgan fingerprint density at radius 1 is 0.974 bits per heavy atom. The number of amides is 2. The molecule has 0 bridgehead atoms. The number of allylic oxidation sites excluding steroid dienone is 2. The number of carbonyl (C=O) groups excluding carboxylic acids is 2. The van der Waals surface area contributed by atoms with Crippen LogP contribution in [0.25, 0.3) is 0 Å². The summed E-state index contributed by atoms with van der Waals surface area (Å²) < 4.78 is 17.1. The van der Waals surface area contributed by atoms with Crippen LogP contribution >= 0.6 is 0 Å². The van der Waals surface area contributed by atoms with Gasteiger partial charge in [0.15, 0.2) is 11.5 Å². The minimum atomic E-state index is -0.115. The lowest BCUT2D eigenvalue weighted by molar-refractivity contribution is -0.142. The molecule has 4 aliphatic rings. The van der Waals surface area contributed by atoms with Crippen LogP contribution in [0.3, 0.4) is 0 Å². The Morgan fingerprint density at radius 3 is 2.37 bits per heavy atom. The molecule has 2 atom stereocenters. The molecular weight excluding hydrogens is 484 g/mol. The smallest absolute Gasteiger partial charge is 0.247 e. The molecule has 9 nitrogen and oxygen atoms in total. The number of piperidine rings is 1. The number of nitrogens with zero attached hydrogens (tertiary/aromatic N) is 4. The first-order valence-corrected chi connectivity index (χ1v) is 14.1. The molecule has 0 aromatic heterocycles. The molecule has 0 saturated carbocycles. The summed E-state index contributed by atoms with van der Waals surface area (Å²) in [7, 11) is 0. The summed E-state index contributed by atoms with van der Waals surface area (Å²) >= 11 is 0. The van der Waals surface area contributed by atoms with E-state index in [1.165, 1.54) is 0 Å². The van der Waals surface area contributed by atoms with E-state index >= 15 is 0 Å². The molecule has 3 aliphatic heterocycles. The summed E-state index contributed by atoms with van der Waals surface area (Å²) in [4.78, 5) is 30.7. The molecule has 5 rings (SSSR count). The highest BCUT2D eigenvalue weighted by Crippen LogP contribution is 2.38. The minimum absolute atomic E-state index is 0.00847. The van der Waals surface area contributed by atoms with Crippen molar-refractivity contribution >= 4 is 17.5 Å². The van der Waals surface area contributed by atoms with E-state index in [9.17, 15) is 9.59 Å². The highest BCUT2D eigenvalue weighted by Gasteiger charge is 2.43. The molecule has 2 fully saturated rings. The normalized spacial score (nSPS) is 24.7. The van der Waals surface area contributed by atoms with Gasteiger partial charge in [0.25, 0.3) is 0 Å². The van der Waals surface area contributed by atoms with Crippen molar-refractivity contribution in [2.45, 2.75) is 45.6 Å². The summed E-state index contributed by atoms with van der Waals surface area (Å²) in [5.41, 5.74) is 1.91. The predicted molar refractivity (Wildman–Crippen MR) is 144 cm³/mol. The highest BCUT2D eigenvalue weighted by atomic mass is 16.5. The molecule has 2 unspecified atom stereocenters. The van der Waals surface area contributed by atoms with Crippen LogP contribution in [0.15, 0.2) is 35.5 Å². The van der Waals surface area contributed by atoms with E-state index in [0.717, 1.165) is 55.8 Å². The molecule has 9 heteroatoms. The molecule has 3 heterocycles. The monoisotopic (exact) mass is 524 g/mol.